The first-order valence-electron chi connectivity index (χ1n) is 8.60. The molecule has 30 heavy (non-hydrogen) atoms. The van der Waals surface area contributed by atoms with E-state index < -0.39 is 32.9 Å². The number of ether oxygens (including phenoxy) is 1. The summed E-state index contributed by atoms with van der Waals surface area (Å²) in [7, 11) is -3.77. The van der Waals surface area contributed by atoms with Gasteiger partial charge in [-0.3, -0.25) is 14.9 Å². The van der Waals surface area contributed by atoms with Crippen LogP contribution in [0.5, 0.6) is 0 Å². The molecule has 0 aliphatic rings. The molecule has 0 saturated heterocycles. The first-order chi connectivity index (χ1) is 14.0. The standard InChI is InChI=1S/C18H18ClN3O7S/c1-3-20-30(27,28)14-6-4-5-12(9-14)18(24)29-11(2)17(23)21-16-10-13(22(25)26)7-8-15(16)19/h4-11,20H,3H2,1-2H3,(H,21,23). The van der Waals surface area contributed by atoms with Gasteiger partial charge in [0.15, 0.2) is 6.10 Å². The van der Waals surface area contributed by atoms with E-state index in [4.69, 9.17) is 16.3 Å². The molecular formula is C18H18ClN3O7S. The molecule has 0 radical (unpaired) electrons. The average Bonchev–Trinajstić information content (AvgIpc) is 2.69. The average molecular weight is 456 g/mol. The number of amides is 1. The Balaban J connectivity index is 2.12. The second-order valence-corrected chi connectivity index (χ2v) is 8.16. The number of nitro groups is 1. The quantitative estimate of drug-likeness (QED) is 0.353. The first-order valence-corrected chi connectivity index (χ1v) is 10.5. The minimum atomic E-state index is -3.77. The normalized spacial score (nSPS) is 12.1. The maximum Gasteiger partial charge on any atom is 0.338 e. The number of carbonyl (C=O) groups is 2. The molecular weight excluding hydrogens is 438 g/mol. The lowest BCUT2D eigenvalue weighted by atomic mass is 10.2. The molecule has 0 aliphatic heterocycles. The molecule has 2 aromatic carbocycles. The van der Waals surface area contributed by atoms with E-state index in [1.165, 1.54) is 37.3 Å². The van der Waals surface area contributed by atoms with Crippen LogP contribution in [0.15, 0.2) is 47.4 Å². The van der Waals surface area contributed by atoms with Gasteiger partial charge in [0.2, 0.25) is 10.0 Å². The van der Waals surface area contributed by atoms with E-state index in [1.807, 2.05) is 0 Å². The number of sulfonamides is 1. The van der Waals surface area contributed by atoms with Crippen molar-refractivity contribution in [3.63, 3.8) is 0 Å². The highest BCUT2D eigenvalue weighted by atomic mass is 35.5. The number of rotatable bonds is 8. The zero-order valence-corrected chi connectivity index (χ0v) is 17.5. The van der Waals surface area contributed by atoms with Gasteiger partial charge in [0.05, 0.1) is 26.1 Å². The molecule has 160 valence electrons. The van der Waals surface area contributed by atoms with E-state index in [1.54, 1.807) is 6.92 Å². The van der Waals surface area contributed by atoms with E-state index >= 15 is 0 Å². The summed E-state index contributed by atoms with van der Waals surface area (Å²) in [6, 6.07) is 8.66. The fourth-order valence-electron chi connectivity index (χ4n) is 2.30. The number of hydrogen-bond acceptors (Lipinski definition) is 7. The largest absolute Gasteiger partial charge is 0.449 e. The van der Waals surface area contributed by atoms with Crippen LogP contribution >= 0.6 is 11.6 Å². The number of hydrogen-bond donors (Lipinski definition) is 2. The molecule has 0 fully saturated rings. The van der Waals surface area contributed by atoms with Crippen LogP contribution in [0.25, 0.3) is 0 Å². The first kappa shape index (κ1) is 23.3. The van der Waals surface area contributed by atoms with Crippen molar-refractivity contribution in [2.75, 3.05) is 11.9 Å². The molecule has 2 aromatic rings. The summed E-state index contributed by atoms with van der Waals surface area (Å²) in [5.74, 6) is -1.70. The highest BCUT2D eigenvalue weighted by Crippen LogP contribution is 2.27. The number of esters is 1. The van der Waals surface area contributed by atoms with E-state index in [0.717, 1.165) is 12.1 Å². The molecule has 1 atom stereocenters. The van der Waals surface area contributed by atoms with Crippen LogP contribution in [0.1, 0.15) is 24.2 Å². The Bertz CT molecular complexity index is 1090. The van der Waals surface area contributed by atoms with Crippen molar-refractivity contribution in [3.05, 3.63) is 63.2 Å². The molecule has 2 N–H and O–H groups in total. The zero-order valence-electron chi connectivity index (χ0n) is 15.9. The predicted molar refractivity (Wildman–Crippen MR) is 109 cm³/mol. The summed E-state index contributed by atoms with van der Waals surface area (Å²) < 4.78 is 31.5. The fourth-order valence-corrected chi connectivity index (χ4v) is 3.55. The van der Waals surface area contributed by atoms with Gasteiger partial charge in [0, 0.05) is 18.7 Å². The number of halogens is 1. The van der Waals surface area contributed by atoms with Crippen LogP contribution in [0.4, 0.5) is 11.4 Å². The molecule has 1 unspecified atom stereocenters. The van der Waals surface area contributed by atoms with E-state index in [9.17, 15) is 28.1 Å². The fraction of sp³-hybridized carbons (Fsp3) is 0.222. The number of nitrogens with one attached hydrogen (secondary N) is 2. The summed E-state index contributed by atoms with van der Waals surface area (Å²) in [6.07, 6.45) is -1.29. The minimum absolute atomic E-state index is 0.0162. The molecule has 0 aliphatic carbocycles. The van der Waals surface area contributed by atoms with Gasteiger partial charge >= 0.3 is 5.97 Å². The lowest BCUT2D eigenvalue weighted by Gasteiger charge is -2.14. The number of nitro benzene ring substituents is 1. The molecule has 0 bridgehead atoms. The third-order valence-electron chi connectivity index (χ3n) is 3.79. The second-order valence-electron chi connectivity index (χ2n) is 5.99. The molecule has 2 rings (SSSR count). The molecule has 0 spiro atoms. The smallest absolute Gasteiger partial charge is 0.338 e. The molecule has 10 nitrogen and oxygen atoms in total. The number of benzene rings is 2. The van der Waals surface area contributed by atoms with Crippen LogP contribution in [-0.2, 0) is 19.6 Å². The van der Waals surface area contributed by atoms with Gasteiger partial charge in [-0.05, 0) is 31.2 Å². The van der Waals surface area contributed by atoms with Crippen molar-refractivity contribution in [3.8, 4) is 0 Å². The van der Waals surface area contributed by atoms with Gasteiger partial charge < -0.3 is 10.1 Å². The van der Waals surface area contributed by atoms with E-state index in [0.29, 0.717) is 0 Å². The third-order valence-corrected chi connectivity index (χ3v) is 5.66. The van der Waals surface area contributed by atoms with Gasteiger partial charge in [-0.2, -0.15) is 0 Å². The maximum absolute atomic E-state index is 12.3. The molecule has 0 saturated carbocycles. The van der Waals surface area contributed by atoms with Gasteiger partial charge in [0.25, 0.3) is 11.6 Å². The van der Waals surface area contributed by atoms with Crippen molar-refractivity contribution in [1.29, 1.82) is 0 Å². The van der Waals surface area contributed by atoms with Crippen molar-refractivity contribution >= 4 is 44.9 Å². The zero-order chi connectivity index (χ0) is 22.5. The molecule has 0 aromatic heterocycles. The Labute approximate surface area is 177 Å². The maximum atomic E-state index is 12.3. The number of anilines is 1. The Morgan fingerprint density at radius 3 is 2.57 bits per heavy atom. The lowest BCUT2D eigenvalue weighted by molar-refractivity contribution is -0.384. The number of nitrogens with zero attached hydrogens (tertiary/aromatic N) is 1. The number of non-ortho nitro benzene ring substituents is 1. The molecule has 12 heteroatoms. The van der Waals surface area contributed by atoms with Gasteiger partial charge in [-0.25, -0.2) is 17.9 Å². The van der Waals surface area contributed by atoms with E-state index in [-0.39, 0.29) is 33.4 Å². The topological polar surface area (TPSA) is 145 Å². The number of carbonyl (C=O) groups excluding carboxylic acids is 2. The Kier molecular flexibility index (Phi) is 7.48. The van der Waals surface area contributed by atoms with Crippen molar-refractivity contribution in [2.45, 2.75) is 24.8 Å². The monoisotopic (exact) mass is 455 g/mol. The van der Waals surface area contributed by atoms with Crippen molar-refractivity contribution in [1.82, 2.24) is 4.72 Å². The summed E-state index contributed by atoms with van der Waals surface area (Å²) in [5, 5.41) is 13.3. The van der Waals surface area contributed by atoms with Gasteiger partial charge in [-0.15, -0.1) is 0 Å². The SMILES string of the molecule is CCNS(=O)(=O)c1cccc(C(=O)OC(C)C(=O)Nc2cc([N+](=O)[O-])ccc2Cl)c1. The molecule has 0 heterocycles. The van der Waals surface area contributed by atoms with Crippen LogP contribution in [-0.4, -0.2) is 37.9 Å². The highest BCUT2D eigenvalue weighted by molar-refractivity contribution is 7.89. The van der Waals surface area contributed by atoms with Crippen LogP contribution in [0, 0.1) is 10.1 Å². The Morgan fingerprint density at radius 2 is 1.93 bits per heavy atom. The molecule has 1 amide bonds. The lowest BCUT2D eigenvalue weighted by Crippen LogP contribution is -2.30. The van der Waals surface area contributed by atoms with E-state index in [2.05, 4.69) is 10.0 Å². The van der Waals surface area contributed by atoms with Crippen molar-refractivity contribution < 1.29 is 27.7 Å². The highest BCUT2D eigenvalue weighted by Gasteiger charge is 2.22. The minimum Gasteiger partial charge on any atom is -0.449 e. The summed E-state index contributed by atoms with van der Waals surface area (Å²) in [5.41, 5.74) is -0.363. The third kappa shape index (κ3) is 5.75. The van der Waals surface area contributed by atoms with Gasteiger partial charge in [0.1, 0.15) is 0 Å². The van der Waals surface area contributed by atoms with Crippen LogP contribution in [0.3, 0.4) is 0 Å². The Hall–Kier alpha value is -3.02. The second kappa shape index (κ2) is 9.65. The van der Waals surface area contributed by atoms with Gasteiger partial charge in [-0.1, -0.05) is 24.6 Å². The Morgan fingerprint density at radius 1 is 1.23 bits per heavy atom. The summed E-state index contributed by atoms with van der Waals surface area (Å²) >= 11 is 5.93. The van der Waals surface area contributed by atoms with Crippen molar-refractivity contribution in [2.24, 2.45) is 0 Å². The van der Waals surface area contributed by atoms with Crippen LogP contribution in [0.2, 0.25) is 5.02 Å². The summed E-state index contributed by atoms with van der Waals surface area (Å²) in [6.45, 7) is 3.08. The predicted octanol–water partition coefficient (Wildman–Crippen LogP) is 2.73. The van der Waals surface area contributed by atoms with Crippen LogP contribution < -0.4 is 10.0 Å². The summed E-state index contributed by atoms with van der Waals surface area (Å²) in [4.78, 5) is 34.7.